The molecule has 1 unspecified atom stereocenters. The number of hydrogen-bond donors (Lipinski definition) is 2. The van der Waals surface area contributed by atoms with Crippen molar-refractivity contribution in [1.82, 2.24) is 4.31 Å². The van der Waals surface area contributed by atoms with Crippen molar-refractivity contribution in [3.63, 3.8) is 0 Å². The Morgan fingerprint density at radius 3 is 2.55 bits per heavy atom. The molecule has 0 fully saturated rings. The van der Waals surface area contributed by atoms with Crippen LogP contribution in [0.4, 0.5) is 11.4 Å². The van der Waals surface area contributed by atoms with Crippen LogP contribution in [0.2, 0.25) is 0 Å². The van der Waals surface area contributed by atoms with Gasteiger partial charge in [-0.25, -0.2) is 12.7 Å². The van der Waals surface area contributed by atoms with Gasteiger partial charge in [0, 0.05) is 20.1 Å². The highest BCUT2D eigenvalue weighted by Gasteiger charge is 2.18. The molecule has 0 amide bonds. The van der Waals surface area contributed by atoms with Crippen LogP contribution in [0.25, 0.3) is 0 Å². The molecule has 1 rings (SSSR count). The van der Waals surface area contributed by atoms with Gasteiger partial charge in [0.05, 0.1) is 16.3 Å². The molecule has 0 bridgehead atoms. The smallest absolute Gasteiger partial charge is 0.242 e. The Morgan fingerprint density at radius 2 is 2.00 bits per heavy atom. The molecule has 1 aromatic rings. The van der Waals surface area contributed by atoms with Crippen molar-refractivity contribution in [1.29, 1.82) is 0 Å². The van der Waals surface area contributed by atoms with Crippen LogP contribution in [0.15, 0.2) is 23.1 Å². The summed E-state index contributed by atoms with van der Waals surface area (Å²) in [7, 11) is -0.398. The third kappa shape index (κ3) is 4.11. The Labute approximate surface area is 122 Å². The molecule has 0 aromatic heterocycles. The van der Waals surface area contributed by atoms with Crippen molar-refractivity contribution in [2.75, 3.05) is 25.1 Å². The van der Waals surface area contributed by atoms with E-state index in [-0.39, 0.29) is 10.9 Å². The molecule has 5 nitrogen and oxygen atoms in total. The SMILES string of the molecule is CCCCC(C)Nc1cc(S(=O)(=O)N(C)C)ccc1N. The quantitative estimate of drug-likeness (QED) is 0.759. The van der Waals surface area contributed by atoms with Gasteiger partial charge in [0.15, 0.2) is 0 Å². The highest BCUT2D eigenvalue weighted by Crippen LogP contribution is 2.25. The van der Waals surface area contributed by atoms with Crippen molar-refractivity contribution in [3.8, 4) is 0 Å². The first kappa shape index (κ1) is 16.8. The van der Waals surface area contributed by atoms with Gasteiger partial charge in [-0.2, -0.15) is 0 Å². The molecule has 0 aliphatic carbocycles. The molecule has 0 spiro atoms. The van der Waals surface area contributed by atoms with Crippen molar-refractivity contribution >= 4 is 21.4 Å². The van der Waals surface area contributed by atoms with Crippen molar-refractivity contribution < 1.29 is 8.42 Å². The molecular weight excluding hydrogens is 274 g/mol. The largest absolute Gasteiger partial charge is 0.397 e. The highest BCUT2D eigenvalue weighted by molar-refractivity contribution is 7.89. The highest BCUT2D eigenvalue weighted by atomic mass is 32.2. The fraction of sp³-hybridized carbons (Fsp3) is 0.571. The third-order valence-corrected chi connectivity index (χ3v) is 5.01. The number of nitrogens with two attached hydrogens (primary N) is 1. The summed E-state index contributed by atoms with van der Waals surface area (Å²) in [5, 5.41) is 3.29. The minimum atomic E-state index is -3.43. The van der Waals surface area contributed by atoms with Gasteiger partial charge in [-0.05, 0) is 31.5 Å². The number of rotatable bonds is 7. The van der Waals surface area contributed by atoms with E-state index >= 15 is 0 Å². The van der Waals surface area contributed by atoms with Gasteiger partial charge in [0.2, 0.25) is 10.0 Å². The van der Waals surface area contributed by atoms with Crippen LogP contribution in [-0.2, 0) is 10.0 Å². The standard InChI is InChI=1S/C14H25N3O2S/c1-5-6-7-11(2)16-14-10-12(8-9-13(14)15)20(18,19)17(3)4/h8-11,16H,5-7,15H2,1-4H3. The molecule has 0 heterocycles. The van der Waals surface area contributed by atoms with E-state index in [1.54, 1.807) is 12.1 Å². The zero-order chi connectivity index (χ0) is 15.3. The van der Waals surface area contributed by atoms with Crippen LogP contribution in [0.3, 0.4) is 0 Å². The maximum atomic E-state index is 12.1. The fourth-order valence-electron chi connectivity index (χ4n) is 1.88. The van der Waals surface area contributed by atoms with Gasteiger partial charge >= 0.3 is 0 Å². The second kappa shape index (κ2) is 6.95. The molecule has 0 radical (unpaired) electrons. The summed E-state index contributed by atoms with van der Waals surface area (Å²) in [6.45, 7) is 4.22. The predicted octanol–water partition coefficient (Wildman–Crippen LogP) is 2.51. The summed E-state index contributed by atoms with van der Waals surface area (Å²) < 4.78 is 25.4. The van der Waals surface area contributed by atoms with Crippen LogP contribution in [0, 0.1) is 0 Å². The van der Waals surface area contributed by atoms with Gasteiger partial charge in [-0.3, -0.25) is 0 Å². The Balaban J connectivity index is 2.98. The molecule has 1 aromatic carbocycles. The van der Waals surface area contributed by atoms with E-state index in [1.807, 2.05) is 0 Å². The lowest BCUT2D eigenvalue weighted by molar-refractivity contribution is 0.521. The zero-order valence-corrected chi connectivity index (χ0v) is 13.5. The predicted molar refractivity (Wildman–Crippen MR) is 84.3 cm³/mol. The number of nitrogens with one attached hydrogen (secondary N) is 1. The first-order chi connectivity index (χ1) is 9.28. The fourth-order valence-corrected chi connectivity index (χ4v) is 2.81. The van der Waals surface area contributed by atoms with Crippen LogP contribution in [0.1, 0.15) is 33.1 Å². The number of sulfonamides is 1. The maximum Gasteiger partial charge on any atom is 0.242 e. The van der Waals surface area contributed by atoms with Gasteiger partial charge in [0.25, 0.3) is 0 Å². The molecule has 6 heteroatoms. The normalized spacial score (nSPS) is 13.4. The van der Waals surface area contributed by atoms with E-state index in [0.29, 0.717) is 11.4 Å². The average Bonchev–Trinajstić information content (AvgIpc) is 2.38. The van der Waals surface area contributed by atoms with Crippen LogP contribution < -0.4 is 11.1 Å². The summed E-state index contributed by atoms with van der Waals surface area (Å²) in [4.78, 5) is 0.252. The number of nitrogens with zero attached hydrogens (tertiary/aromatic N) is 1. The van der Waals surface area contributed by atoms with Gasteiger partial charge in [0.1, 0.15) is 0 Å². The first-order valence-electron chi connectivity index (χ1n) is 6.87. The molecule has 3 N–H and O–H groups in total. The lowest BCUT2D eigenvalue weighted by atomic mass is 10.1. The summed E-state index contributed by atoms with van der Waals surface area (Å²) in [5.74, 6) is 0. The number of hydrogen-bond acceptors (Lipinski definition) is 4. The molecule has 0 aliphatic rings. The average molecular weight is 299 g/mol. The molecule has 0 saturated heterocycles. The lowest BCUT2D eigenvalue weighted by Gasteiger charge is -2.18. The molecule has 20 heavy (non-hydrogen) atoms. The van der Waals surface area contributed by atoms with E-state index in [1.165, 1.54) is 24.5 Å². The Kier molecular flexibility index (Phi) is 5.83. The lowest BCUT2D eigenvalue weighted by Crippen LogP contribution is -2.23. The third-order valence-electron chi connectivity index (χ3n) is 3.20. The number of benzene rings is 1. The van der Waals surface area contributed by atoms with Crippen molar-refractivity contribution in [2.24, 2.45) is 0 Å². The van der Waals surface area contributed by atoms with E-state index in [9.17, 15) is 8.42 Å². The summed E-state index contributed by atoms with van der Waals surface area (Å²) in [5.41, 5.74) is 7.15. The Bertz CT molecular complexity index is 541. The molecule has 114 valence electrons. The molecule has 0 saturated carbocycles. The second-order valence-corrected chi connectivity index (χ2v) is 7.38. The number of anilines is 2. The van der Waals surface area contributed by atoms with E-state index in [4.69, 9.17) is 5.73 Å². The topological polar surface area (TPSA) is 75.4 Å². The van der Waals surface area contributed by atoms with Crippen molar-refractivity contribution in [3.05, 3.63) is 18.2 Å². The minimum Gasteiger partial charge on any atom is -0.397 e. The number of nitrogen functional groups attached to an aromatic ring is 1. The summed E-state index contributed by atoms with van der Waals surface area (Å²) in [6, 6.07) is 5.03. The van der Waals surface area contributed by atoms with Gasteiger partial charge < -0.3 is 11.1 Å². The zero-order valence-electron chi connectivity index (χ0n) is 12.7. The Morgan fingerprint density at radius 1 is 1.35 bits per heavy atom. The number of unbranched alkanes of at least 4 members (excludes halogenated alkanes) is 1. The summed E-state index contributed by atoms with van der Waals surface area (Å²) in [6.07, 6.45) is 3.29. The van der Waals surface area contributed by atoms with E-state index in [0.717, 1.165) is 19.3 Å². The van der Waals surface area contributed by atoms with Crippen LogP contribution in [-0.4, -0.2) is 32.9 Å². The monoisotopic (exact) mass is 299 g/mol. The van der Waals surface area contributed by atoms with E-state index in [2.05, 4.69) is 19.2 Å². The minimum absolute atomic E-state index is 0.252. The van der Waals surface area contributed by atoms with E-state index < -0.39 is 10.0 Å². The van der Waals surface area contributed by atoms with Gasteiger partial charge in [-0.1, -0.05) is 19.8 Å². The van der Waals surface area contributed by atoms with Crippen molar-refractivity contribution in [2.45, 2.75) is 44.0 Å². The maximum absolute atomic E-state index is 12.1. The molecular formula is C14H25N3O2S. The Hall–Kier alpha value is -1.27. The van der Waals surface area contributed by atoms with Crippen LogP contribution in [0.5, 0.6) is 0 Å². The van der Waals surface area contributed by atoms with Gasteiger partial charge in [-0.15, -0.1) is 0 Å². The molecule has 1 atom stereocenters. The molecule has 0 aliphatic heterocycles. The summed E-state index contributed by atoms with van der Waals surface area (Å²) >= 11 is 0. The second-order valence-electron chi connectivity index (χ2n) is 5.22. The first-order valence-corrected chi connectivity index (χ1v) is 8.31. The van der Waals surface area contributed by atoms with Crippen LogP contribution >= 0.6 is 0 Å².